The summed E-state index contributed by atoms with van der Waals surface area (Å²) < 4.78 is 21.2. The highest BCUT2D eigenvalue weighted by Gasteiger charge is 2.07. The molecule has 86 valence electrons. The Bertz CT molecular complexity index is 313. The van der Waals surface area contributed by atoms with E-state index in [-0.39, 0.29) is 24.7 Å². The average Bonchev–Trinajstić information content (AvgIpc) is 2.08. The normalized spacial score (nSPS) is 10.8. The van der Waals surface area contributed by atoms with Crippen molar-refractivity contribution in [3.05, 3.63) is 6.26 Å². The van der Waals surface area contributed by atoms with Crippen LogP contribution in [0.25, 0.3) is 0 Å². The van der Waals surface area contributed by atoms with Crippen LogP contribution in [0.3, 0.4) is 0 Å². The second-order valence-corrected chi connectivity index (χ2v) is 4.73. The van der Waals surface area contributed by atoms with Crippen LogP contribution < -0.4 is 5.32 Å². The molecule has 1 N–H and O–H groups in total. The maximum Gasteiger partial charge on any atom is 0.216 e. The molecule has 0 rings (SSSR count). The van der Waals surface area contributed by atoms with E-state index >= 15 is 0 Å². The van der Waals surface area contributed by atoms with Crippen LogP contribution in [0.1, 0.15) is 6.92 Å². The van der Waals surface area contributed by atoms with Gasteiger partial charge in [0, 0.05) is 26.6 Å². The molecular weight excluding hydrogens is 220 g/mol. The van der Waals surface area contributed by atoms with Crippen LogP contribution in [-0.2, 0) is 19.4 Å². The van der Waals surface area contributed by atoms with Gasteiger partial charge in [-0.3, -0.25) is 9.59 Å². The van der Waals surface area contributed by atoms with Gasteiger partial charge in [0.1, 0.15) is 0 Å². The van der Waals surface area contributed by atoms with Gasteiger partial charge in [-0.05, 0) is 0 Å². The van der Waals surface area contributed by atoms with Gasteiger partial charge >= 0.3 is 0 Å². The fourth-order valence-electron chi connectivity index (χ4n) is 0.837. The monoisotopic (exact) mass is 234 g/mol. The molecule has 0 aromatic carbocycles. The summed E-state index contributed by atoms with van der Waals surface area (Å²) >= 11 is 0. The van der Waals surface area contributed by atoms with Gasteiger partial charge in [-0.2, -0.15) is 0 Å². The molecule has 0 saturated heterocycles. The third-order valence-electron chi connectivity index (χ3n) is 1.59. The van der Waals surface area contributed by atoms with E-state index < -0.39 is 9.84 Å². The lowest BCUT2D eigenvalue weighted by molar-refractivity contribution is -0.120. The molecule has 2 radical (unpaired) electrons. The second kappa shape index (κ2) is 6.39. The van der Waals surface area contributed by atoms with Crippen molar-refractivity contribution >= 4 is 22.2 Å². The molecule has 2 amide bonds. The quantitative estimate of drug-likeness (QED) is 0.553. The molecule has 6 nitrogen and oxygen atoms in total. The Morgan fingerprint density at radius 3 is 2.47 bits per heavy atom. The van der Waals surface area contributed by atoms with Gasteiger partial charge in [0.25, 0.3) is 0 Å². The summed E-state index contributed by atoms with van der Waals surface area (Å²) in [6.45, 7) is 1.94. The van der Waals surface area contributed by atoms with Crippen LogP contribution in [0.4, 0.5) is 0 Å². The lowest BCUT2D eigenvalue weighted by Gasteiger charge is -2.16. The molecule has 0 aromatic heterocycles. The SMILES string of the molecule is [CH]S(=O)(=O)CCN(C=O)CCNC(C)=O. The van der Waals surface area contributed by atoms with Crippen LogP contribution in [-0.4, -0.2) is 51.0 Å². The van der Waals surface area contributed by atoms with Gasteiger partial charge in [-0.25, -0.2) is 8.42 Å². The minimum atomic E-state index is -3.56. The first-order valence-electron chi connectivity index (χ1n) is 4.29. The Morgan fingerprint density at radius 1 is 1.47 bits per heavy atom. The topological polar surface area (TPSA) is 83.6 Å². The molecule has 7 heteroatoms. The van der Waals surface area contributed by atoms with E-state index in [0.717, 1.165) is 0 Å². The number of nitrogens with zero attached hydrogens (tertiary/aromatic N) is 1. The third kappa shape index (κ3) is 9.20. The van der Waals surface area contributed by atoms with Crippen molar-refractivity contribution in [2.45, 2.75) is 6.92 Å². The maximum atomic E-state index is 10.6. The Labute approximate surface area is 89.6 Å². The van der Waals surface area contributed by atoms with Crippen molar-refractivity contribution < 1.29 is 18.0 Å². The molecule has 0 heterocycles. The van der Waals surface area contributed by atoms with Crippen molar-refractivity contribution in [1.82, 2.24) is 10.2 Å². The first-order valence-corrected chi connectivity index (χ1v) is 6.01. The number of carbonyl (C=O) groups excluding carboxylic acids is 2. The van der Waals surface area contributed by atoms with Gasteiger partial charge in [0.15, 0.2) is 9.84 Å². The lowest BCUT2D eigenvalue weighted by atomic mass is 10.5. The summed E-state index contributed by atoms with van der Waals surface area (Å²) in [6, 6.07) is 0. The molecule has 0 atom stereocenters. The molecule has 0 bridgehead atoms. The summed E-state index contributed by atoms with van der Waals surface area (Å²) in [4.78, 5) is 22.2. The van der Waals surface area contributed by atoms with Gasteiger partial charge < -0.3 is 10.2 Å². The number of hydrogen-bond acceptors (Lipinski definition) is 4. The number of carbonyl (C=O) groups is 2. The molecule has 0 unspecified atom stereocenters. The first-order chi connectivity index (χ1) is 6.85. The molecule has 15 heavy (non-hydrogen) atoms. The van der Waals surface area contributed by atoms with Crippen LogP contribution in [0.2, 0.25) is 0 Å². The van der Waals surface area contributed by atoms with Gasteiger partial charge in [-0.15, -0.1) is 0 Å². The van der Waals surface area contributed by atoms with Crippen LogP contribution in [0, 0.1) is 6.26 Å². The van der Waals surface area contributed by atoms with E-state index in [4.69, 9.17) is 6.26 Å². The van der Waals surface area contributed by atoms with E-state index in [1.54, 1.807) is 0 Å². The van der Waals surface area contributed by atoms with E-state index in [9.17, 15) is 18.0 Å². The van der Waals surface area contributed by atoms with E-state index in [2.05, 4.69) is 5.32 Å². The number of sulfone groups is 1. The fourth-order valence-corrected chi connectivity index (χ4v) is 1.33. The minimum Gasteiger partial charge on any atom is -0.355 e. The highest BCUT2D eigenvalue weighted by molar-refractivity contribution is 7.92. The summed E-state index contributed by atoms with van der Waals surface area (Å²) in [5.74, 6) is -0.487. The largest absolute Gasteiger partial charge is 0.355 e. The van der Waals surface area contributed by atoms with Crippen LogP contribution >= 0.6 is 0 Å². The standard InChI is InChI=1S/C8H14N2O4S/c1-8(12)9-3-4-10(7-11)5-6-15(2,13)14/h2,7H,3-6H2,1H3,(H,9,12). The second-order valence-electron chi connectivity index (χ2n) is 2.99. The Kier molecular flexibility index (Phi) is 5.92. The Balaban J connectivity index is 3.83. The van der Waals surface area contributed by atoms with E-state index in [0.29, 0.717) is 13.0 Å². The predicted molar refractivity (Wildman–Crippen MR) is 54.4 cm³/mol. The van der Waals surface area contributed by atoms with Crippen molar-refractivity contribution in [2.24, 2.45) is 0 Å². The first kappa shape index (κ1) is 13.9. The molecular formula is C8H14N2O4S. The third-order valence-corrected chi connectivity index (χ3v) is 2.34. The van der Waals surface area contributed by atoms with Crippen molar-refractivity contribution in [2.75, 3.05) is 25.4 Å². The summed E-state index contributed by atoms with van der Waals surface area (Å²) in [7, 11) is -3.56. The average molecular weight is 234 g/mol. The van der Waals surface area contributed by atoms with E-state index in [1.807, 2.05) is 0 Å². The van der Waals surface area contributed by atoms with Gasteiger partial charge in [0.05, 0.1) is 12.0 Å². The molecule has 0 aromatic rings. The summed E-state index contributed by atoms with van der Waals surface area (Å²) in [5, 5.41) is 2.49. The zero-order chi connectivity index (χ0) is 11.9. The smallest absolute Gasteiger partial charge is 0.216 e. The molecule has 0 aliphatic heterocycles. The highest BCUT2D eigenvalue weighted by Crippen LogP contribution is 1.89. The highest BCUT2D eigenvalue weighted by atomic mass is 32.2. The van der Waals surface area contributed by atoms with Crippen molar-refractivity contribution in [1.29, 1.82) is 0 Å². The van der Waals surface area contributed by atoms with Gasteiger partial charge in [-0.1, -0.05) is 0 Å². The van der Waals surface area contributed by atoms with Gasteiger partial charge in [0.2, 0.25) is 12.3 Å². The Morgan fingerprint density at radius 2 is 2.07 bits per heavy atom. The molecule has 0 aliphatic carbocycles. The minimum absolute atomic E-state index is 0.0297. The van der Waals surface area contributed by atoms with E-state index in [1.165, 1.54) is 11.8 Å². The lowest BCUT2D eigenvalue weighted by Crippen LogP contribution is -2.35. The fraction of sp³-hybridized carbons (Fsp3) is 0.625. The zero-order valence-corrected chi connectivity index (χ0v) is 9.29. The van der Waals surface area contributed by atoms with Crippen molar-refractivity contribution in [3.63, 3.8) is 0 Å². The zero-order valence-electron chi connectivity index (χ0n) is 8.47. The number of amides is 2. The number of hydrogen-bond donors (Lipinski definition) is 1. The molecule has 0 fully saturated rings. The maximum absolute atomic E-state index is 10.6. The summed E-state index contributed by atoms with van der Waals surface area (Å²) in [5.41, 5.74) is 0. The Hall–Kier alpha value is -1.11. The molecule has 0 saturated carbocycles. The summed E-state index contributed by atoms with van der Waals surface area (Å²) in [6.07, 6.45) is 5.30. The molecule has 0 spiro atoms. The molecule has 0 aliphatic rings. The van der Waals surface area contributed by atoms with Crippen LogP contribution in [0.5, 0.6) is 0 Å². The van der Waals surface area contributed by atoms with Crippen LogP contribution in [0.15, 0.2) is 0 Å². The number of rotatable bonds is 7. The van der Waals surface area contributed by atoms with Crippen molar-refractivity contribution in [3.8, 4) is 0 Å². The predicted octanol–water partition coefficient (Wildman–Crippen LogP) is -1.34. The number of nitrogens with one attached hydrogen (secondary N) is 1.